The SMILES string of the molecule is CC(C)C(=O)c1ccccc1CN1CCc2ccccc2C1c1ccccc1. The van der Waals surface area contributed by atoms with Crippen molar-refractivity contribution in [2.24, 2.45) is 5.92 Å². The summed E-state index contributed by atoms with van der Waals surface area (Å²) in [5.41, 5.74) is 6.11. The van der Waals surface area contributed by atoms with Crippen LogP contribution in [-0.2, 0) is 13.0 Å². The highest BCUT2D eigenvalue weighted by Gasteiger charge is 2.29. The Morgan fingerprint density at radius 2 is 1.61 bits per heavy atom. The normalized spacial score (nSPS) is 16.8. The second-order valence-corrected chi connectivity index (χ2v) is 7.91. The number of Topliss-reactive ketones (excluding diaryl/α,β-unsaturated/α-hetero) is 1. The summed E-state index contributed by atoms with van der Waals surface area (Å²) in [5, 5.41) is 0. The number of hydrogen-bond donors (Lipinski definition) is 0. The van der Waals surface area contributed by atoms with Gasteiger partial charge in [-0.3, -0.25) is 9.69 Å². The van der Waals surface area contributed by atoms with Gasteiger partial charge in [0.05, 0.1) is 6.04 Å². The Labute approximate surface area is 167 Å². The van der Waals surface area contributed by atoms with Crippen molar-refractivity contribution in [1.82, 2.24) is 4.90 Å². The minimum absolute atomic E-state index is 0.00755. The first-order valence-electron chi connectivity index (χ1n) is 10.1. The van der Waals surface area contributed by atoms with E-state index in [1.54, 1.807) is 0 Å². The molecule has 3 aromatic carbocycles. The number of hydrogen-bond acceptors (Lipinski definition) is 2. The molecule has 0 saturated carbocycles. The van der Waals surface area contributed by atoms with Gasteiger partial charge in [-0.1, -0.05) is 92.7 Å². The molecule has 0 fully saturated rings. The van der Waals surface area contributed by atoms with Gasteiger partial charge in [-0.05, 0) is 28.7 Å². The van der Waals surface area contributed by atoms with E-state index >= 15 is 0 Å². The van der Waals surface area contributed by atoms with Crippen LogP contribution in [0, 0.1) is 5.92 Å². The molecule has 1 unspecified atom stereocenters. The quantitative estimate of drug-likeness (QED) is 0.540. The van der Waals surface area contributed by atoms with Crippen molar-refractivity contribution in [3.63, 3.8) is 0 Å². The van der Waals surface area contributed by atoms with Crippen LogP contribution in [-0.4, -0.2) is 17.2 Å². The van der Waals surface area contributed by atoms with Crippen LogP contribution in [0.5, 0.6) is 0 Å². The molecular weight excluding hydrogens is 342 g/mol. The summed E-state index contributed by atoms with van der Waals surface area (Å²) < 4.78 is 0. The van der Waals surface area contributed by atoms with Gasteiger partial charge in [0.25, 0.3) is 0 Å². The second-order valence-electron chi connectivity index (χ2n) is 7.91. The topological polar surface area (TPSA) is 20.3 Å². The summed E-state index contributed by atoms with van der Waals surface area (Å²) in [6.45, 7) is 5.72. The molecule has 1 heterocycles. The average molecular weight is 370 g/mol. The highest BCUT2D eigenvalue weighted by atomic mass is 16.1. The van der Waals surface area contributed by atoms with Gasteiger partial charge in [0.15, 0.2) is 5.78 Å². The predicted molar refractivity (Wildman–Crippen MR) is 114 cm³/mol. The third-order valence-electron chi connectivity index (χ3n) is 5.68. The molecule has 1 aliphatic rings. The third-order valence-corrected chi connectivity index (χ3v) is 5.68. The van der Waals surface area contributed by atoms with E-state index in [2.05, 4.69) is 65.6 Å². The van der Waals surface area contributed by atoms with Gasteiger partial charge in [0, 0.05) is 24.6 Å². The lowest BCUT2D eigenvalue weighted by atomic mass is 9.87. The Balaban J connectivity index is 1.73. The molecule has 1 atom stereocenters. The van der Waals surface area contributed by atoms with E-state index in [0.717, 1.165) is 30.6 Å². The zero-order chi connectivity index (χ0) is 19.5. The van der Waals surface area contributed by atoms with E-state index < -0.39 is 0 Å². The lowest BCUT2D eigenvalue weighted by Gasteiger charge is -2.38. The Kier molecular flexibility index (Phi) is 5.40. The molecule has 1 aliphatic heterocycles. The molecule has 0 radical (unpaired) electrons. The minimum Gasteiger partial charge on any atom is -0.294 e. The number of benzene rings is 3. The molecule has 4 rings (SSSR count). The third kappa shape index (κ3) is 3.65. The van der Waals surface area contributed by atoms with Gasteiger partial charge < -0.3 is 0 Å². The standard InChI is InChI=1S/C26H27NO/c1-19(2)26(28)24-15-9-7-13-22(24)18-27-17-16-20-10-6-8-14-23(20)25(27)21-11-4-3-5-12-21/h3-15,19,25H,16-18H2,1-2H3. The maximum atomic E-state index is 12.7. The van der Waals surface area contributed by atoms with Crippen LogP contribution in [0.25, 0.3) is 0 Å². The highest BCUT2D eigenvalue weighted by molar-refractivity contribution is 5.98. The molecule has 2 nitrogen and oxygen atoms in total. The van der Waals surface area contributed by atoms with Crippen molar-refractivity contribution < 1.29 is 4.79 Å². The molecule has 142 valence electrons. The van der Waals surface area contributed by atoms with E-state index in [1.807, 2.05) is 32.0 Å². The number of carbonyl (C=O) groups excluding carboxylic acids is 1. The van der Waals surface area contributed by atoms with Crippen LogP contribution in [0.3, 0.4) is 0 Å². The van der Waals surface area contributed by atoms with Crippen LogP contribution in [0.15, 0.2) is 78.9 Å². The Bertz CT molecular complexity index is 961. The van der Waals surface area contributed by atoms with Crippen molar-refractivity contribution in [2.75, 3.05) is 6.54 Å². The predicted octanol–water partition coefficient (Wildman–Crippen LogP) is 5.67. The van der Waals surface area contributed by atoms with Crippen LogP contribution in [0.1, 0.15) is 52.5 Å². The van der Waals surface area contributed by atoms with Gasteiger partial charge in [-0.25, -0.2) is 0 Å². The van der Waals surface area contributed by atoms with E-state index in [9.17, 15) is 4.79 Å². The summed E-state index contributed by atoms with van der Waals surface area (Å²) in [4.78, 5) is 15.3. The maximum Gasteiger partial charge on any atom is 0.165 e. The first-order valence-corrected chi connectivity index (χ1v) is 10.1. The van der Waals surface area contributed by atoms with E-state index in [1.165, 1.54) is 16.7 Å². The monoisotopic (exact) mass is 369 g/mol. The molecule has 28 heavy (non-hydrogen) atoms. The van der Waals surface area contributed by atoms with Gasteiger partial charge in [0.2, 0.25) is 0 Å². The summed E-state index contributed by atoms with van der Waals surface area (Å²) in [5.74, 6) is 0.234. The van der Waals surface area contributed by atoms with Gasteiger partial charge in [-0.2, -0.15) is 0 Å². The number of rotatable bonds is 5. The van der Waals surface area contributed by atoms with Crippen molar-refractivity contribution in [3.8, 4) is 0 Å². The van der Waals surface area contributed by atoms with Gasteiger partial charge >= 0.3 is 0 Å². The molecule has 0 spiro atoms. The zero-order valence-corrected chi connectivity index (χ0v) is 16.6. The second kappa shape index (κ2) is 8.12. The molecule has 3 aromatic rings. The van der Waals surface area contributed by atoms with E-state index in [0.29, 0.717) is 0 Å². The minimum atomic E-state index is 0.00755. The van der Waals surface area contributed by atoms with Gasteiger partial charge in [-0.15, -0.1) is 0 Å². The van der Waals surface area contributed by atoms with Crippen molar-refractivity contribution in [3.05, 3.63) is 107 Å². The molecule has 2 heteroatoms. The maximum absolute atomic E-state index is 12.7. The lowest BCUT2D eigenvalue weighted by molar-refractivity contribution is 0.0936. The van der Waals surface area contributed by atoms with Crippen LogP contribution in [0.2, 0.25) is 0 Å². The summed E-state index contributed by atoms with van der Waals surface area (Å²) in [7, 11) is 0. The largest absolute Gasteiger partial charge is 0.294 e. The summed E-state index contributed by atoms with van der Waals surface area (Å²) in [6.07, 6.45) is 1.04. The zero-order valence-electron chi connectivity index (χ0n) is 16.6. The van der Waals surface area contributed by atoms with Crippen LogP contribution >= 0.6 is 0 Å². The lowest BCUT2D eigenvalue weighted by Crippen LogP contribution is -2.36. The highest BCUT2D eigenvalue weighted by Crippen LogP contribution is 2.36. The number of fused-ring (bicyclic) bond motifs is 1. The molecule has 0 aliphatic carbocycles. The number of ketones is 1. The molecule has 0 N–H and O–H groups in total. The fourth-order valence-corrected chi connectivity index (χ4v) is 4.24. The summed E-state index contributed by atoms with van der Waals surface area (Å²) in [6, 6.07) is 27.8. The smallest absolute Gasteiger partial charge is 0.165 e. The fraction of sp³-hybridized carbons (Fsp3) is 0.269. The molecular formula is C26H27NO. The van der Waals surface area contributed by atoms with Crippen molar-refractivity contribution in [1.29, 1.82) is 0 Å². The molecule has 0 aromatic heterocycles. The average Bonchev–Trinajstić information content (AvgIpc) is 2.74. The Morgan fingerprint density at radius 1 is 0.929 bits per heavy atom. The Morgan fingerprint density at radius 3 is 2.39 bits per heavy atom. The van der Waals surface area contributed by atoms with E-state index in [4.69, 9.17) is 0 Å². The van der Waals surface area contributed by atoms with E-state index in [-0.39, 0.29) is 17.7 Å². The van der Waals surface area contributed by atoms with Gasteiger partial charge in [0.1, 0.15) is 0 Å². The molecule has 0 saturated heterocycles. The summed E-state index contributed by atoms with van der Waals surface area (Å²) >= 11 is 0. The Hall–Kier alpha value is -2.71. The fourth-order valence-electron chi connectivity index (χ4n) is 4.24. The molecule has 0 bridgehead atoms. The van der Waals surface area contributed by atoms with Crippen molar-refractivity contribution in [2.45, 2.75) is 32.9 Å². The van der Waals surface area contributed by atoms with Crippen molar-refractivity contribution >= 4 is 5.78 Å². The first-order chi connectivity index (χ1) is 13.6. The van der Waals surface area contributed by atoms with Crippen LogP contribution < -0.4 is 0 Å². The molecule has 0 amide bonds. The number of carbonyl (C=O) groups is 1. The number of nitrogens with zero attached hydrogens (tertiary/aromatic N) is 1. The first kappa shape index (κ1) is 18.6. The van der Waals surface area contributed by atoms with Crippen LogP contribution in [0.4, 0.5) is 0 Å².